The maximum atomic E-state index is 13.5. The standard InChI is InChI=1S/C27H27F2N3O2/c1-34-23-11-4-19-14-24(27(33)30-16-18-2-5-20(28)6-3-18)26-17-31(12-13-32(26)25(19)15-23)22-9-7-21(29)8-10-22/h2-11,15,24,26H,12-14,16-17H2,1H3,(H,30,33). The van der Waals surface area contributed by atoms with Gasteiger partial charge in [-0.05, 0) is 60.0 Å². The molecule has 0 aromatic heterocycles. The summed E-state index contributed by atoms with van der Waals surface area (Å²) < 4.78 is 32.1. The minimum absolute atomic E-state index is 0.0262. The monoisotopic (exact) mass is 463 g/mol. The molecule has 2 unspecified atom stereocenters. The van der Waals surface area contributed by atoms with E-state index in [0.29, 0.717) is 19.5 Å². The topological polar surface area (TPSA) is 44.8 Å². The van der Waals surface area contributed by atoms with Crippen molar-refractivity contribution in [3.63, 3.8) is 0 Å². The number of piperazine rings is 1. The van der Waals surface area contributed by atoms with Crippen molar-refractivity contribution in [2.75, 3.05) is 36.5 Å². The van der Waals surface area contributed by atoms with E-state index in [-0.39, 0.29) is 29.5 Å². The summed E-state index contributed by atoms with van der Waals surface area (Å²) in [4.78, 5) is 17.9. The molecule has 5 nitrogen and oxygen atoms in total. The predicted octanol–water partition coefficient (Wildman–Crippen LogP) is 4.16. The highest BCUT2D eigenvalue weighted by atomic mass is 19.1. The zero-order chi connectivity index (χ0) is 23.7. The summed E-state index contributed by atoms with van der Waals surface area (Å²) in [5.74, 6) is -0.0590. The van der Waals surface area contributed by atoms with Crippen LogP contribution in [-0.2, 0) is 17.8 Å². The molecule has 7 heteroatoms. The first-order chi connectivity index (χ1) is 16.5. The van der Waals surface area contributed by atoms with Gasteiger partial charge in [-0.1, -0.05) is 18.2 Å². The molecule has 5 rings (SSSR count). The van der Waals surface area contributed by atoms with E-state index < -0.39 is 0 Å². The van der Waals surface area contributed by atoms with Gasteiger partial charge in [-0.3, -0.25) is 4.79 Å². The highest BCUT2D eigenvalue weighted by Crippen LogP contribution is 2.39. The van der Waals surface area contributed by atoms with Crippen LogP contribution in [-0.4, -0.2) is 38.7 Å². The van der Waals surface area contributed by atoms with Crippen molar-refractivity contribution in [1.29, 1.82) is 0 Å². The molecule has 1 N–H and O–H groups in total. The molecule has 176 valence electrons. The van der Waals surface area contributed by atoms with Gasteiger partial charge in [0.15, 0.2) is 0 Å². The number of benzene rings is 3. The van der Waals surface area contributed by atoms with E-state index in [9.17, 15) is 13.6 Å². The SMILES string of the molecule is COc1ccc2c(c1)N1CCN(c3ccc(F)cc3)CC1C(C(=O)NCc1ccc(F)cc1)C2. The van der Waals surface area contributed by atoms with E-state index in [4.69, 9.17) is 4.74 Å². The van der Waals surface area contributed by atoms with Gasteiger partial charge < -0.3 is 19.9 Å². The molecule has 0 saturated carbocycles. The van der Waals surface area contributed by atoms with Crippen molar-refractivity contribution in [2.24, 2.45) is 5.92 Å². The fraction of sp³-hybridized carbons (Fsp3) is 0.296. The van der Waals surface area contributed by atoms with Gasteiger partial charge in [-0.2, -0.15) is 0 Å². The number of methoxy groups -OCH3 is 1. The summed E-state index contributed by atoms with van der Waals surface area (Å²) in [6.45, 7) is 2.50. The van der Waals surface area contributed by atoms with Gasteiger partial charge in [0.05, 0.1) is 19.1 Å². The third-order valence-electron chi connectivity index (χ3n) is 6.83. The van der Waals surface area contributed by atoms with E-state index in [2.05, 4.69) is 15.1 Å². The molecule has 0 spiro atoms. The zero-order valence-corrected chi connectivity index (χ0v) is 19.0. The lowest BCUT2D eigenvalue weighted by atomic mass is 9.83. The second kappa shape index (κ2) is 9.33. The highest BCUT2D eigenvalue weighted by molar-refractivity contribution is 5.82. The van der Waals surface area contributed by atoms with Crippen LogP contribution in [0.2, 0.25) is 0 Å². The second-order valence-electron chi connectivity index (χ2n) is 8.83. The molecule has 1 amide bonds. The van der Waals surface area contributed by atoms with Crippen LogP contribution in [0.5, 0.6) is 5.75 Å². The largest absolute Gasteiger partial charge is 0.497 e. The summed E-state index contributed by atoms with van der Waals surface area (Å²) in [6.07, 6.45) is 0.618. The Kier molecular flexibility index (Phi) is 6.09. The number of nitrogens with one attached hydrogen (secondary N) is 1. The number of amides is 1. The minimum Gasteiger partial charge on any atom is -0.497 e. The molecule has 1 saturated heterocycles. The Morgan fingerprint density at radius 2 is 1.71 bits per heavy atom. The van der Waals surface area contributed by atoms with Crippen molar-refractivity contribution < 1.29 is 18.3 Å². The average Bonchev–Trinajstić information content (AvgIpc) is 2.87. The molecular formula is C27H27F2N3O2. The summed E-state index contributed by atoms with van der Waals surface area (Å²) in [5, 5.41) is 3.06. The molecule has 2 aliphatic rings. The van der Waals surface area contributed by atoms with Crippen molar-refractivity contribution in [1.82, 2.24) is 5.32 Å². The van der Waals surface area contributed by atoms with Crippen LogP contribution in [0.1, 0.15) is 11.1 Å². The maximum Gasteiger partial charge on any atom is 0.225 e. The zero-order valence-electron chi connectivity index (χ0n) is 19.0. The second-order valence-corrected chi connectivity index (χ2v) is 8.83. The molecule has 0 radical (unpaired) electrons. The lowest BCUT2D eigenvalue weighted by molar-refractivity contribution is -0.126. The third kappa shape index (κ3) is 4.42. The van der Waals surface area contributed by atoms with E-state index in [1.807, 2.05) is 18.2 Å². The maximum absolute atomic E-state index is 13.5. The number of halogens is 2. The molecule has 1 fully saturated rings. The number of carbonyl (C=O) groups excluding carboxylic acids is 1. The Labute approximate surface area is 197 Å². The Morgan fingerprint density at radius 3 is 2.41 bits per heavy atom. The van der Waals surface area contributed by atoms with Crippen LogP contribution in [0, 0.1) is 17.6 Å². The lowest BCUT2D eigenvalue weighted by Gasteiger charge is -2.49. The van der Waals surface area contributed by atoms with Crippen LogP contribution >= 0.6 is 0 Å². The van der Waals surface area contributed by atoms with Crippen LogP contribution < -0.4 is 19.9 Å². The number of fused-ring (bicyclic) bond motifs is 3. The first-order valence-electron chi connectivity index (χ1n) is 11.5. The Balaban J connectivity index is 1.40. The van der Waals surface area contributed by atoms with E-state index in [1.54, 1.807) is 31.4 Å². The lowest BCUT2D eigenvalue weighted by Crippen LogP contribution is -2.61. The van der Waals surface area contributed by atoms with E-state index >= 15 is 0 Å². The van der Waals surface area contributed by atoms with Gasteiger partial charge in [0.2, 0.25) is 5.91 Å². The Morgan fingerprint density at radius 1 is 1.00 bits per heavy atom. The summed E-state index contributed by atoms with van der Waals surface area (Å²) in [7, 11) is 1.65. The highest BCUT2D eigenvalue weighted by Gasteiger charge is 2.41. The minimum atomic E-state index is -0.298. The molecule has 2 atom stereocenters. The molecule has 0 aliphatic carbocycles. The molecule has 3 aromatic rings. The molecule has 0 bridgehead atoms. The Bertz CT molecular complexity index is 1170. The first kappa shape index (κ1) is 22.2. The van der Waals surface area contributed by atoms with E-state index in [0.717, 1.165) is 41.3 Å². The summed E-state index contributed by atoms with van der Waals surface area (Å²) in [5.41, 5.74) is 4.02. The molecule has 34 heavy (non-hydrogen) atoms. The fourth-order valence-corrected chi connectivity index (χ4v) is 5.01. The number of nitrogens with zero attached hydrogens (tertiary/aromatic N) is 2. The predicted molar refractivity (Wildman–Crippen MR) is 128 cm³/mol. The van der Waals surface area contributed by atoms with Gasteiger partial charge in [0.1, 0.15) is 17.4 Å². The number of carbonyl (C=O) groups is 1. The normalized spacial score (nSPS) is 19.3. The smallest absolute Gasteiger partial charge is 0.225 e. The number of hydrogen-bond donors (Lipinski definition) is 1. The van der Waals surface area contributed by atoms with Crippen molar-refractivity contribution in [3.8, 4) is 5.75 Å². The van der Waals surface area contributed by atoms with Crippen molar-refractivity contribution >= 4 is 17.3 Å². The van der Waals surface area contributed by atoms with E-state index in [1.165, 1.54) is 24.3 Å². The van der Waals surface area contributed by atoms with Crippen LogP contribution in [0.25, 0.3) is 0 Å². The number of hydrogen-bond acceptors (Lipinski definition) is 4. The summed E-state index contributed by atoms with van der Waals surface area (Å²) in [6, 6.07) is 18.6. The van der Waals surface area contributed by atoms with Crippen molar-refractivity contribution in [3.05, 3.63) is 89.5 Å². The van der Waals surface area contributed by atoms with Gasteiger partial charge in [-0.15, -0.1) is 0 Å². The van der Waals surface area contributed by atoms with Crippen molar-refractivity contribution in [2.45, 2.75) is 19.0 Å². The quantitative estimate of drug-likeness (QED) is 0.617. The number of ether oxygens (including phenoxy) is 1. The molecular weight excluding hydrogens is 436 g/mol. The number of anilines is 2. The van der Waals surface area contributed by atoms with Gasteiger partial charge in [0.25, 0.3) is 0 Å². The molecule has 3 aromatic carbocycles. The van der Waals surface area contributed by atoms with Crippen LogP contribution in [0.3, 0.4) is 0 Å². The number of rotatable bonds is 5. The Hall–Kier alpha value is -3.61. The summed E-state index contributed by atoms with van der Waals surface area (Å²) >= 11 is 0. The van der Waals surface area contributed by atoms with Gasteiger partial charge in [-0.25, -0.2) is 8.78 Å². The molecule has 2 heterocycles. The average molecular weight is 464 g/mol. The van der Waals surface area contributed by atoms with Crippen LogP contribution in [0.15, 0.2) is 66.7 Å². The third-order valence-corrected chi connectivity index (χ3v) is 6.83. The van der Waals surface area contributed by atoms with Gasteiger partial charge >= 0.3 is 0 Å². The molecule has 2 aliphatic heterocycles. The van der Waals surface area contributed by atoms with Crippen LogP contribution in [0.4, 0.5) is 20.2 Å². The first-order valence-corrected chi connectivity index (χ1v) is 11.5. The fourth-order valence-electron chi connectivity index (χ4n) is 5.01. The van der Waals surface area contributed by atoms with Gasteiger partial charge in [0, 0.05) is 43.6 Å².